The van der Waals surface area contributed by atoms with E-state index in [2.05, 4.69) is 16.8 Å². The summed E-state index contributed by atoms with van der Waals surface area (Å²) < 4.78 is 28.0. The molecule has 0 saturated carbocycles. The zero-order chi connectivity index (χ0) is 21.3. The number of sulfonamides is 1. The lowest BCUT2D eigenvalue weighted by Gasteiger charge is -2.27. The lowest BCUT2D eigenvalue weighted by atomic mass is 10.2. The second kappa shape index (κ2) is 8.20. The molecule has 4 rings (SSSR count). The van der Waals surface area contributed by atoms with Gasteiger partial charge in [0, 0.05) is 26.7 Å². The molecule has 0 amide bonds. The van der Waals surface area contributed by atoms with Crippen LogP contribution in [0.1, 0.15) is 12.0 Å². The van der Waals surface area contributed by atoms with Crippen LogP contribution in [0.4, 0.5) is 11.6 Å². The summed E-state index contributed by atoms with van der Waals surface area (Å²) in [6.45, 7) is 5.41. The number of nitrogens with zero attached hydrogens (tertiary/aromatic N) is 5. The third-order valence-electron chi connectivity index (χ3n) is 5.53. The topological polar surface area (TPSA) is 69.6 Å². The molecule has 158 valence electrons. The van der Waals surface area contributed by atoms with Crippen LogP contribution in [0.15, 0.2) is 53.4 Å². The highest BCUT2D eigenvalue weighted by atomic mass is 32.2. The molecule has 7 nitrogen and oxygen atoms in total. The number of para-hydroxylation sites is 2. The highest BCUT2D eigenvalue weighted by Crippen LogP contribution is 2.31. The van der Waals surface area contributed by atoms with Gasteiger partial charge >= 0.3 is 0 Å². The molecule has 3 aromatic rings. The average molecular weight is 426 g/mol. The maximum Gasteiger partial charge on any atom is 0.265 e. The fourth-order valence-electron chi connectivity index (χ4n) is 3.65. The number of aryl methyl sites for hydroxylation is 1. The molecule has 2 heterocycles. The summed E-state index contributed by atoms with van der Waals surface area (Å²) in [5, 5.41) is 0. The summed E-state index contributed by atoms with van der Waals surface area (Å²) in [6, 6.07) is 14.5. The molecular weight excluding hydrogens is 398 g/mol. The van der Waals surface area contributed by atoms with Crippen molar-refractivity contribution >= 4 is 32.7 Å². The van der Waals surface area contributed by atoms with E-state index in [0.717, 1.165) is 43.7 Å². The molecule has 0 spiro atoms. The van der Waals surface area contributed by atoms with Gasteiger partial charge in [-0.25, -0.2) is 22.7 Å². The first kappa shape index (κ1) is 20.6. The average Bonchev–Trinajstić information content (AvgIpc) is 2.97. The quantitative estimate of drug-likeness (QED) is 0.640. The van der Waals surface area contributed by atoms with Crippen LogP contribution in [0, 0.1) is 6.92 Å². The maximum atomic E-state index is 13.4. The van der Waals surface area contributed by atoms with Crippen molar-refractivity contribution in [3.63, 3.8) is 0 Å². The van der Waals surface area contributed by atoms with Crippen molar-refractivity contribution in [2.75, 3.05) is 49.5 Å². The fourth-order valence-corrected chi connectivity index (χ4v) is 4.79. The highest BCUT2D eigenvalue weighted by Gasteiger charge is 2.28. The Bertz CT molecular complexity index is 1150. The van der Waals surface area contributed by atoms with Gasteiger partial charge in [0.05, 0.1) is 15.9 Å². The van der Waals surface area contributed by atoms with Gasteiger partial charge in [-0.15, -0.1) is 0 Å². The first-order chi connectivity index (χ1) is 14.4. The largest absolute Gasteiger partial charge is 0.352 e. The van der Waals surface area contributed by atoms with Crippen LogP contribution in [0.5, 0.6) is 0 Å². The number of fused-ring (bicyclic) bond motifs is 1. The summed E-state index contributed by atoms with van der Waals surface area (Å²) in [6.07, 6.45) is 0.985. The normalized spacial score (nSPS) is 15.9. The monoisotopic (exact) mass is 425 g/mol. The maximum absolute atomic E-state index is 13.4. The fraction of sp³-hybridized carbons (Fsp3) is 0.364. The lowest BCUT2D eigenvalue weighted by molar-refractivity contribution is 0.360. The van der Waals surface area contributed by atoms with Crippen molar-refractivity contribution in [3.8, 4) is 0 Å². The van der Waals surface area contributed by atoms with Gasteiger partial charge in [-0.05, 0) is 51.2 Å². The summed E-state index contributed by atoms with van der Waals surface area (Å²) in [4.78, 5) is 14.3. The summed E-state index contributed by atoms with van der Waals surface area (Å²) in [7, 11) is -0.106. The van der Waals surface area contributed by atoms with E-state index in [1.807, 2.05) is 31.2 Å². The molecule has 30 heavy (non-hydrogen) atoms. The van der Waals surface area contributed by atoms with Crippen molar-refractivity contribution < 1.29 is 8.42 Å². The van der Waals surface area contributed by atoms with Crippen molar-refractivity contribution in [3.05, 3.63) is 54.1 Å². The summed E-state index contributed by atoms with van der Waals surface area (Å²) in [5.74, 6) is 0.973. The molecule has 1 aliphatic rings. The van der Waals surface area contributed by atoms with E-state index < -0.39 is 10.0 Å². The van der Waals surface area contributed by atoms with E-state index in [1.165, 1.54) is 4.31 Å². The standard InChI is InChI=1S/C22H27N5O2S/c1-17-9-11-18(12-10-17)30(28,29)26(3)21-22(27-14-6-13-25(2)15-16-27)24-20-8-5-4-7-19(20)23-21/h4-5,7-12H,6,13-16H2,1-3H3. The van der Waals surface area contributed by atoms with Gasteiger partial charge in [0.15, 0.2) is 11.6 Å². The van der Waals surface area contributed by atoms with Crippen molar-refractivity contribution in [1.82, 2.24) is 14.9 Å². The van der Waals surface area contributed by atoms with Crippen LogP contribution in [-0.2, 0) is 10.0 Å². The first-order valence-electron chi connectivity index (χ1n) is 10.1. The summed E-state index contributed by atoms with van der Waals surface area (Å²) in [5.41, 5.74) is 2.45. The number of hydrogen-bond acceptors (Lipinski definition) is 6. The molecular formula is C22H27N5O2S. The van der Waals surface area contributed by atoms with Gasteiger partial charge in [0.1, 0.15) is 0 Å². The second-order valence-electron chi connectivity index (χ2n) is 7.79. The van der Waals surface area contributed by atoms with E-state index in [9.17, 15) is 8.42 Å². The molecule has 2 aromatic carbocycles. The van der Waals surface area contributed by atoms with Crippen LogP contribution in [0.25, 0.3) is 11.0 Å². The SMILES string of the molecule is Cc1ccc(S(=O)(=O)N(C)c2nc3ccccc3nc2N2CCCN(C)CC2)cc1. The zero-order valence-corrected chi connectivity index (χ0v) is 18.4. The van der Waals surface area contributed by atoms with E-state index in [-0.39, 0.29) is 4.90 Å². The Morgan fingerprint density at radius 3 is 2.27 bits per heavy atom. The van der Waals surface area contributed by atoms with Crippen LogP contribution >= 0.6 is 0 Å². The van der Waals surface area contributed by atoms with Gasteiger partial charge in [-0.2, -0.15) is 0 Å². The van der Waals surface area contributed by atoms with E-state index in [0.29, 0.717) is 17.2 Å². The predicted molar refractivity (Wildman–Crippen MR) is 121 cm³/mol. The second-order valence-corrected chi connectivity index (χ2v) is 9.76. The van der Waals surface area contributed by atoms with Gasteiger partial charge in [-0.3, -0.25) is 0 Å². The van der Waals surface area contributed by atoms with Crippen LogP contribution < -0.4 is 9.21 Å². The Labute approximate surface area is 178 Å². The minimum atomic E-state index is -3.76. The summed E-state index contributed by atoms with van der Waals surface area (Å²) >= 11 is 0. The van der Waals surface area contributed by atoms with Gasteiger partial charge in [-0.1, -0.05) is 29.8 Å². The first-order valence-corrected chi connectivity index (χ1v) is 11.6. The van der Waals surface area contributed by atoms with Gasteiger partial charge < -0.3 is 9.80 Å². The molecule has 0 unspecified atom stereocenters. The number of hydrogen-bond donors (Lipinski definition) is 0. The van der Waals surface area contributed by atoms with Crippen LogP contribution in [-0.4, -0.2) is 63.6 Å². The smallest absolute Gasteiger partial charge is 0.265 e. The molecule has 1 saturated heterocycles. The Morgan fingerprint density at radius 2 is 1.57 bits per heavy atom. The highest BCUT2D eigenvalue weighted by molar-refractivity contribution is 7.92. The molecule has 1 fully saturated rings. The van der Waals surface area contributed by atoms with E-state index in [1.54, 1.807) is 31.3 Å². The van der Waals surface area contributed by atoms with E-state index >= 15 is 0 Å². The predicted octanol–water partition coefficient (Wildman–Crippen LogP) is 2.91. The Kier molecular flexibility index (Phi) is 5.62. The molecule has 0 radical (unpaired) electrons. The number of benzene rings is 2. The molecule has 0 atom stereocenters. The number of rotatable bonds is 4. The molecule has 0 bridgehead atoms. The minimum Gasteiger partial charge on any atom is -0.352 e. The van der Waals surface area contributed by atoms with Gasteiger partial charge in [0.25, 0.3) is 10.0 Å². The molecule has 0 aliphatic carbocycles. The number of likely N-dealkylation sites (N-methyl/N-ethyl adjacent to an activating group) is 1. The lowest BCUT2D eigenvalue weighted by Crippen LogP contribution is -2.34. The van der Waals surface area contributed by atoms with Crippen LogP contribution in [0.2, 0.25) is 0 Å². The Hall–Kier alpha value is -2.71. The van der Waals surface area contributed by atoms with Crippen molar-refractivity contribution in [1.29, 1.82) is 0 Å². The van der Waals surface area contributed by atoms with Gasteiger partial charge in [0.2, 0.25) is 0 Å². The Balaban J connectivity index is 1.82. The van der Waals surface area contributed by atoms with Crippen molar-refractivity contribution in [2.24, 2.45) is 0 Å². The molecule has 1 aliphatic heterocycles. The third-order valence-corrected chi connectivity index (χ3v) is 7.29. The molecule has 1 aromatic heterocycles. The number of aromatic nitrogens is 2. The number of anilines is 2. The molecule has 0 N–H and O–H groups in total. The Morgan fingerprint density at radius 1 is 0.900 bits per heavy atom. The zero-order valence-electron chi connectivity index (χ0n) is 17.6. The van der Waals surface area contributed by atoms with E-state index in [4.69, 9.17) is 9.97 Å². The molecule has 8 heteroatoms. The minimum absolute atomic E-state index is 0.243. The third kappa shape index (κ3) is 3.97. The van der Waals surface area contributed by atoms with Crippen molar-refractivity contribution in [2.45, 2.75) is 18.2 Å². The van der Waals surface area contributed by atoms with Crippen LogP contribution in [0.3, 0.4) is 0 Å².